The van der Waals surface area contributed by atoms with E-state index in [2.05, 4.69) is 15.3 Å². The van der Waals surface area contributed by atoms with Crippen LogP contribution in [0.5, 0.6) is 0 Å². The van der Waals surface area contributed by atoms with E-state index in [-0.39, 0.29) is 30.5 Å². The number of hydrogen-bond donors (Lipinski definition) is 1. The standard InChI is InChI=1S/C19H15N5O3S/c20-7-9-28-19-23-14-6-2-1-5-13(14)17-22-15(18(26)24(17)19)10-16(25)21-11-12-4-3-8-27-12/h1-6,8,15H,9-11H2,(H,21,25). The monoisotopic (exact) mass is 393 g/mol. The van der Waals surface area contributed by atoms with Gasteiger partial charge in [0.05, 0.1) is 36.7 Å². The Morgan fingerprint density at radius 2 is 2.18 bits per heavy atom. The quantitative estimate of drug-likeness (QED) is 0.837. The summed E-state index contributed by atoms with van der Waals surface area (Å²) >= 11 is 1.17. The van der Waals surface area contributed by atoms with Crippen LogP contribution in [0.25, 0.3) is 0 Å². The molecule has 0 saturated heterocycles. The van der Waals surface area contributed by atoms with Crippen molar-refractivity contribution in [1.29, 1.82) is 5.26 Å². The van der Waals surface area contributed by atoms with Crippen LogP contribution in [0.2, 0.25) is 0 Å². The molecule has 1 N–H and O–H groups in total. The number of furan rings is 1. The maximum absolute atomic E-state index is 12.9. The van der Waals surface area contributed by atoms with E-state index in [0.717, 1.165) is 5.56 Å². The summed E-state index contributed by atoms with van der Waals surface area (Å²) < 4.78 is 5.18. The maximum Gasteiger partial charge on any atom is 0.259 e. The third kappa shape index (κ3) is 3.42. The molecule has 1 aromatic heterocycles. The predicted octanol–water partition coefficient (Wildman–Crippen LogP) is 2.20. The SMILES string of the molecule is N#CCSC1=Nc2ccccc2C2=NC(CC(=O)NCc3ccco3)C(=O)N12. The summed E-state index contributed by atoms with van der Waals surface area (Å²) in [6, 6.07) is 12.1. The van der Waals surface area contributed by atoms with E-state index in [0.29, 0.717) is 22.5 Å². The first-order valence-electron chi connectivity index (χ1n) is 8.56. The second-order valence-corrected chi connectivity index (χ2v) is 7.00. The lowest BCUT2D eigenvalue weighted by Gasteiger charge is -2.25. The zero-order chi connectivity index (χ0) is 19.5. The molecule has 1 unspecified atom stereocenters. The minimum absolute atomic E-state index is 0.0715. The van der Waals surface area contributed by atoms with Crippen LogP contribution in [0.15, 0.2) is 57.1 Å². The molecule has 0 spiro atoms. The number of nitrogens with zero attached hydrogens (tertiary/aromatic N) is 4. The molecular weight excluding hydrogens is 378 g/mol. The molecule has 3 heterocycles. The molecule has 140 valence electrons. The van der Waals surface area contributed by atoms with E-state index >= 15 is 0 Å². The smallest absolute Gasteiger partial charge is 0.259 e. The van der Waals surface area contributed by atoms with E-state index in [1.165, 1.54) is 22.9 Å². The van der Waals surface area contributed by atoms with Crippen LogP contribution in [0, 0.1) is 11.3 Å². The average Bonchev–Trinajstić information content (AvgIpc) is 3.33. The Labute approximate surface area is 164 Å². The van der Waals surface area contributed by atoms with Crippen molar-refractivity contribution >= 4 is 40.3 Å². The zero-order valence-electron chi connectivity index (χ0n) is 14.7. The number of nitriles is 1. The van der Waals surface area contributed by atoms with Crippen molar-refractivity contribution in [3.63, 3.8) is 0 Å². The number of thioether (sulfide) groups is 1. The lowest BCUT2D eigenvalue weighted by atomic mass is 10.1. The van der Waals surface area contributed by atoms with E-state index in [9.17, 15) is 9.59 Å². The van der Waals surface area contributed by atoms with Gasteiger partial charge in [-0.3, -0.25) is 14.6 Å². The van der Waals surface area contributed by atoms with Crippen molar-refractivity contribution in [3.05, 3.63) is 54.0 Å². The molecule has 8 nitrogen and oxygen atoms in total. The van der Waals surface area contributed by atoms with Gasteiger partial charge in [0, 0.05) is 5.56 Å². The average molecular weight is 393 g/mol. The Balaban J connectivity index is 1.54. The van der Waals surface area contributed by atoms with Gasteiger partial charge in [-0.2, -0.15) is 5.26 Å². The molecule has 4 rings (SSSR count). The summed E-state index contributed by atoms with van der Waals surface area (Å²) in [6.45, 7) is 0.251. The van der Waals surface area contributed by atoms with Crippen LogP contribution in [0.4, 0.5) is 5.69 Å². The van der Waals surface area contributed by atoms with E-state index < -0.39 is 6.04 Å². The van der Waals surface area contributed by atoms with Crippen molar-refractivity contribution in [2.45, 2.75) is 19.0 Å². The third-order valence-electron chi connectivity index (χ3n) is 4.23. The molecular formula is C19H15N5O3S. The number of nitrogens with one attached hydrogen (secondary N) is 1. The number of hydrogen-bond acceptors (Lipinski definition) is 7. The first kappa shape index (κ1) is 18.0. The molecule has 0 bridgehead atoms. The van der Waals surface area contributed by atoms with Crippen LogP contribution < -0.4 is 5.32 Å². The number of para-hydroxylation sites is 1. The van der Waals surface area contributed by atoms with Crippen molar-refractivity contribution < 1.29 is 14.0 Å². The van der Waals surface area contributed by atoms with Crippen LogP contribution in [0.1, 0.15) is 17.7 Å². The second-order valence-electron chi connectivity index (χ2n) is 6.06. The highest BCUT2D eigenvalue weighted by Crippen LogP contribution is 2.33. The summed E-state index contributed by atoms with van der Waals surface area (Å²) in [4.78, 5) is 35.6. The van der Waals surface area contributed by atoms with Crippen molar-refractivity contribution in [1.82, 2.24) is 10.2 Å². The highest BCUT2D eigenvalue weighted by Gasteiger charge is 2.41. The minimum Gasteiger partial charge on any atom is -0.467 e. The maximum atomic E-state index is 12.9. The Morgan fingerprint density at radius 3 is 2.96 bits per heavy atom. The molecule has 0 fully saturated rings. The Hall–Kier alpha value is -3.38. The van der Waals surface area contributed by atoms with Gasteiger partial charge in [-0.25, -0.2) is 9.89 Å². The van der Waals surface area contributed by atoms with Crippen LogP contribution >= 0.6 is 11.8 Å². The van der Waals surface area contributed by atoms with Gasteiger partial charge in [-0.05, 0) is 24.3 Å². The summed E-state index contributed by atoms with van der Waals surface area (Å²) in [6.07, 6.45) is 1.46. The Bertz CT molecular complexity index is 1020. The molecule has 2 aliphatic rings. The fourth-order valence-corrected chi connectivity index (χ4v) is 3.64. The first-order valence-corrected chi connectivity index (χ1v) is 9.54. The number of aliphatic imine (C=N–C) groups is 2. The van der Waals surface area contributed by atoms with Crippen molar-refractivity contribution in [2.24, 2.45) is 9.98 Å². The molecule has 9 heteroatoms. The number of benzene rings is 1. The van der Waals surface area contributed by atoms with Gasteiger partial charge in [-0.15, -0.1) is 0 Å². The number of carbonyl (C=O) groups excluding carboxylic acids is 2. The first-order chi connectivity index (χ1) is 13.7. The van der Waals surface area contributed by atoms with Gasteiger partial charge in [0.1, 0.15) is 17.6 Å². The summed E-state index contributed by atoms with van der Waals surface area (Å²) in [7, 11) is 0. The van der Waals surface area contributed by atoms with Gasteiger partial charge in [0.25, 0.3) is 5.91 Å². The van der Waals surface area contributed by atoms with E-state index in [4.69, 9.17) is 9.68 Å². The molecule has 1 aromatic carbocycles. The van der Waals surface area contributed by atoms with Crippen molar-refractivity contribution in [3.8, 4) is 6.07 Å². The largest absolute Gasteiger partial charge is 0.467 e. The van der Waals surface area contributed by atoms with Crippen LogP contribution in [-0.4, -0.2) is 39.5 Å². The van der Waals surface area contributed by atoms with Crippen LogP contribution in [0.3, 0.4) is 0 Å². The summed E-state index contributed by atoms with van der Waals surface area (Å²) in [5, 5.41) is 12.0. The molecule has 2 amide bonds. The van der Waals surface area contributed by atoms with Gasteiger partial charge in [0.15, 0.2) is 5.17 Å². The number of rotatable bonds is 5. The topological polar surface area (TPSA) is 111 Å². The molecule has 0 saturated carbocycles. The second kappa shape index (κ2) is 7.70. The minimum atomic E-state index is -0.828. The van der Waals surface area contributed by atoms with Gasteiger partial charge in [-0.1, -0.05) is 23.9 Å². The number of fused-ring (bicyclic) bond motifs is 3. The van der Waals surface area contributed by atoms with Crippen molar-refractivity contribution in [2.75, 3.05) is 5.75 Å². The third-order valence-corrected chi connectivity index (χ3v) is 5.04. The van der Waals surface area contributed by atoms with Gasteiger partial charge < -0.3 is 9.73 Å². The predicted molar refractivity (Wildman–Crippen MR) is 104 cm³/mol. The lowest BCUT2D eigenvalue weighted by Crippen LogP contribution is -2.42. The van der Waals surface area contributed by atoms with Gasteiger partial charge in [0.2, 0.25) is 5.91 Å². The fourth-order valence-electron chi connectivity index (χ4n) is 2.98. The molecule has 1 atom stereocenters. The number of carbonyl (C=O) groups is 2. The van der Waals surface area contributed by atoms with E-state index in [1.807, 2.05) is 30.3 Å². The molecule has 2 aromatic rings. The Kier molecular flexibility index (Phi) is 4.95. The zero-order valence-corrected chi connectivity index (χ0v) is 15.5. The number of amides is 2. The van der Waals surface area contributed by atoms with Crippen LogP contribution in [-0.2, 0) is 16.1 Å². The number of amidine groups is 2. The fraction of sp³-hybridized carbons (Fsp3) is 0.211. The molecule has 0 aliphatic carbocycles. The highest BCUT2D eigenvalue weighted by atomic mass is 32.2. The highest BCUT2D eigenvalue weighted by molar-refractivity contribution is 8.14. The van der Waals surface area contributed by atoms with Gasteiger partial charge >= 0.3 is 0 Å². The molecule has 0 radical (unpaired) electrons. The molecule has 2 aliphatic heterocycles. The lowest BCUT2D eigenvalue weighted by molar-refractivity contribution is -0.128. The summed E-state index contributed by atoms with van der Waals surface area (Å²) in [5.41, 5.74) is 1.42. The Morgan fingerprint density at radius 1 is 1.32 bits per heavy atom. The molecule has 28 heavy (non-hydrogen) atoms. The van der Waals surface area contributed by atoms with E-state index in [1.54, 1.807) is 12.1 Å². The normalized spacial score (nSPS) is 17.3. The summed E-state index contributed by atoms with van der Waals surface area (Å²) in [5.74, 6) is 0.648.